The lowest BCUT2D eigenvalue weighted by atomic mass is 10.2. The summed E-state index contributed by atoms with van der Waals surface area (Å²) in [5.74, 6) is 1.87. The average molecular weight is 353 g/mol. The maximum Gasteiger partial charge on any atom is 0.135 e. The number of hydrogen-bond acceptors (Lipinski definition) is 6. The molecule has 26 heavy (non-hydrogen) atoms. The summed E-state index contributed by atoms with van der Waals surface area (Å²) in [5, 5.41) is 3.50. The Morgan fingerprint density at radius 1 is 0.846 bits per heavy atom. The first-order valence-electron chi connectivity index (χ1n) is 9.66. The van der Waals surface area contributed by atoms with Gasteiger partial charge in [0.15, 0.2) is 0 Å². The highest BCUT2D eigenvalue weighted by atomic mass is 16.5. The van der Waals surface area contributed by atoms with Gasteiger partial charge in [-0.2, -0.15) is 0 Å². The smallest absolute Gasteiger partial charge is 0.135 e. The Morgan fingerprint density at radius 3 is 2.42 bits per heavy atom. The van der Waals surface area contributed by atoms with Crippen molar-refractivity contribution in [2.24, 2.45) is 0 Å². The number of nitrogens with one attached hydrogen (secondary N) is 1. The number of benzene rings is 1. The van der Waals surface area contributed by atoms with Crippen molar-refractivity contribution >= 4 is 23.0 Å². The normalized spacial score (nSPS) is 18.5. The molecule has 2 aliphatic rings. The molecule has 0 radical (unpaired) electrons. The number of morpholine rings is 1. The van der Waals surface area contributed by atoms with Crippen molar-refractivity contribution in [3.05, 3.63) is 36.7 Å². The highest BCUT2D eigenvalue weighted by molar-refractivity contribution is 5.74. The highest BCUT2D eigenvalue weighted by Crippen LogP contribution is 2.29. The molecule has 1 N–H and O–H groups in total. The van der Waals surface area contributed by atoms with Crippen LogP contribution in [-0.2, 0) is 4.74 Å². The van der Waals surface area contributed by atoms with Gasteiger partial charge in [0, 0.05) is 32.2 Å². The summed E-state index contributed by atoms with van der Waals surface area (Å²) in [6, 6.07) is 10.5. The third-order valence-corrected chi connectivity index (χ3v) is 5.10. The van der Waals surface area contributed by atoms with Crippen LogP contribution in [0.1, 0.15) is 25.7 Å². The summed E-state index contributed by atoms with van der Waals surface area (Å²) >= 11 is 0. The molecule has 0 amide bonds. The summed E-state index contributed by atoms with van der Waals surface area (Å²) in [5.41, 5.74) is 2.28. The monoisotopic (exact) mass is 353 g/mol. The van der Waals surface area contributed by atoms with Crippen LogP contribution in [0.15, 0.2) is 36.7 Å². The molecule has 0 aliphatic carbocycles. The number of aromatic nitrogens is 2. The maximum absolute atomic E-state index is 5.48. The first-order chi connectivity index (χ1) is 12.9. The van der Waals surface area contributed by atoms with Gasteiger partial charge in [-0.05, 0) is 25.0 Å². The van der Waals surface area contributed by atoms with Crippen LogP contribution in [0.4, 0.5) is 23.0 Å². The van der Waals surface area contributed by atoms with Crippen molar-refractivity contribution < 1.29 is 4.74 Å². The van der Waals surface area contributed by atoms with Gasteiger partial charge in [-0.3, -0.25) is 0 Å². The molecule has 2 aromatic rings. The SMILES string of the molecule is c1ccc(N2CCOCC2)c(Nc2cc(N3CCCCCC3)ncn2)c1. The van der Waals surface area contributed by atoms with Crippen molar-refractivity contribution in [1.82, 2.24) is 9.97 Å². The molecule has 2 aliphatic heterocycles. The van der Waals surface area contributed by atoms with E-state index in [4.69, 9.17) is 4.74 Å². The van der Waals surface area contributed by atoms with Gasteiger partial charge in [0.05, 0.1) is 24.6 Å². The van der Waals surface area contributed by atoms with Crippen LogP contribution in [0.5, 0.6) is 0 Å². The van der Waals surface area contributed by atoms with E-state index in [-0.39, 0.29) is 0 Å². The summed E-state index contributed by atoms with van der Waals surface area (Å²) in [6.07, 6.45) is 6.79. The zero-order valence-electron chi connectivity index (χ0n) is 15.2. The fourth-order valence-electron chi connectivity index (χ4n) is 3.69. The van der Waals surface area contributed by atoms with Gasteiger partial charge in [0.2, 0.25) is 0 Å². The Hall–Kier alpha value is -2.34. The third kappa shape index (κ3) is 4.07. The standard InChI is InChI=1S/C20H27N5O/c1-2-6-10-25(9-5-1)20-15-19(21-16-22-20)23-17-7-3-4-8-18(17)24-11-13-26-14-12-24/h3-4,7-8,15-16H,1-2,5-6,9-14H2,(H,21,22,23). The van der Waals surface area contributed by atoms with Crippen molar-refractivity contribution in [3.63, 3.8) is 0 Å². The minimum atomic E-state index is 0.779. The minimum Gasteiger partial charge on any atom is -0.378 e. The molecular formula is C20H27N5O. The zero-order valence-corrected chi connectivity index (χ0v) is 15.2. The molecule has 4 rings (SSSR count). The van der Waals surface area contributed by atoms with Crippen molar-refractivity contribution in [2.75, 3.05) is 54.5 Å². The van der Waals surface area contributed by atoms with Crippen LogP contribution in [0.25, 0.3) is 0 Å². The maximum atomic E-state index is 5.48. The molecule has 6 nitrogen and oxygen atoms in total. The number of ether oxygens (including phenoxy) is 1. The second-order valence-corrected chi connectivity index (χ2v) is 6.90. The molecular weight excluding hydrogens is 326 g/mol. The summed E-state index contributed by atoms with van der Waals surface area (Å²) in [6.45, 7) is 5.56. The Morgan fingerprint density at radius 2 is 1.62 bits per heavy atom. The van der Waals surface area contributed by atoms with Crippen LogP contribution in [0.3, 0.4) is 0 Å². The first-order valence-corrected chi connectivity index (χ1v) is 9.66. The molecule has 0 bridgehead atoms. The molecule has 0 atom stereocenters. The molecule has 1 aromatic heterocycles. The van der Waals surface area contributed by atoms with E-state index in [1.807, 2.05) is 0 Å². The van der Waals surface area contributed by atoms with Crippen LogP contribution >= 0.6 is 0 Å². The van der Waals surface area contributed by atoms with E-state index in [0.717, 1.165) is 56.7 Å². The Bertz CT molecular complexity index is 709. The van der Waals surface area contributed by atoms with Gasteiger partial charge < -0.3 is 19.9 Å². The van der Waals surface area contributed by atoms with Crippen molar-refractivity contribution in [3.8, 4) is 0 Å². The van der Waals surface area contributed by atoms with Gasteiger partial charge >= 0.3 is 0 Å². The quantitative estimate of drug-likeness (QED) is 0.909. The van der Waals surface area contributed by atoms with E-state index in [1.54, 1.807) is 6.33 Å². The van der Waals surface area contributed by atoms with E-state index in [2.05, 4.69) is 55.4 Å². The van der Waals surface area contributed by atoms with E-state index in [0.29, 0.717) is 0 Å². The zero-order chi connectivity index (χ0) is 17.6. The molecule has 6 heteroatoms. The van der Waals surface area contributed by atoms with Crippen LogP contribution in [0, 0.1) is 0 Å². The van der Waals surface area contributed by atoms with Gasteiger partial charge in [-0.25, -0.2) is 9.97 Å². The predicted octanol–water partition coefficient (Wildman–Crippen LogP) is 3.44. The second kappa shape index (κ2) is 8.36. The molecule has 0 saturated carbocycles. The van der Waals surface area contributed by atoms with E-state index in [9.17, 15) is 0 Å². The van der Waals surface area contributed by atoms with Crippen LogP contribution in [0.2, 0.25) is 0 Å². The topological polar surface area (TPSA) is 53.5 Å². The Labute approximate surface area is 155 Å². The van der Waals surface area contributed by atoms with Gasteiger partial charge in [-0.15, -0.1) is 0 Å². The molecule has 2 saturated heterocycles. The van der Waals surface area contributed by atoms with E-state index in [1.165, 1.54) is 31.4 Å². The lowest BCUT2D eigenvalue weighted by molar-refractivity contribution is 0.123. The van der Waals surface area contributed by atoms with Gasteiger partial charge in [0.1, 0.15) is 18.0 Å². The van der Waals surface area contributed by atoms with Crippen molar-refractivity contribution in [2.45, 2.75) is 25.7 Å². The third-order valence-electron chi connectivity index (χ3n) is 5.10. The van der Waals surface area contributed by atoms with Gasteiger partial charge in [0.25, 0.3) is 0 Å². The lowest BCUT2D eigenvalue weighted by Gasteiger charge is -2.30. The molecule has 3 heterocycles. The fraction of sp³-hybridized carbons (Fsp3) is 0.500. The molecule has 0 spiro atoms. The van der Waals surface area contributed by atoms with Gasteiger partial charge in [-0.1, -0.05) is 25.0 Å². The number of nitrogens with zero attached hydrogens (tertiary/aromatic N) is 4. The van der Waals surface area contributed by atoms with E-state index >= 15 is 0 Å². The molecule has 1 aromatic carbocycles. The first kappa shape index (κ1) is 17.1. The fourth-order valence-corrected chi connectivity index (χ4v) is 3.69. The number of rotatable bonds is 4. The number of anilines is 4. The average Bonchev–Trinajstić information content (AvgIpc) is 2.99. The molecule has 0 unspecified atom stereocenters. The number of hydrogen-bond donors (Lipinski definition) is 1. The lowest BCUT2D eigenvalue weighted by Crippen LogP contribution is -2.36. The number of para-hydroxylation sites is 2. The summed E-state index contributed by atoms with van der Waals surface area (Å²) < 4.78 is 5.48. The predicted molar refractivity (Wildman–Crippen MR) is 105 cm³/mol. The second-order valence-electron chi connectivity index (χ2n) is 6.90. The largest absolute Gasteiger partial charge is 0.378 e. The minimum absolute atomic E-state index is 0.779. The Balaban J connectivity index is 1.53. The summed E-state index contributed by atoms with van der Waals surface area (Å²) in [4.78, 5) is 13.7. The highest BCUT2D eigenvalue weighted by Gasteiger charge is 2.16. The molecule has 2 fully saturated rings. The summed E-state index contributed by atoms with van der Waals surface area (Å²) in [7, 11) is 0. The van der Waals surface area contributed by atoms with Crippen LogP contribution < -0.4 is 15.1 Å². The van der Waals surface area contributed by atoms with Crippen molar-refractivity contribution in [1.29, 1.82) is 0 Å². The van der Waals surface area contributed by atoms with Crippen LogP contribution in [-0.4, -0.2) is 49.4 Å². The Kier molecular flexibility index (Phi) is 5.50. The van der Waals surface area contributed by atoms with E-state index < -0.39 is 0 Å². The molecule has 138 valence electrons.